The van der Waals surface area contributed by atoms with Gasteiger partial charge < -0.3 is 20.1 Å². The van der Waals surface area contributed by atoms with Gasteiger partial charge in [0.05, 0.1) is 17.1 Å². The van der Waals surface area contributed by atoms with Crippen molar-refractivity contribution in [3.63, 3.8) is 0 Å². The minimum absolute atomic E-state index is 0.164. The first-order chi connectivity index (χ1) is 12.5. The van der Waals surface area contributed by atoms with E-state index >= 15 is 0 Å². The van der Waals surface area contributed by atoms with E-state index in [1.807, 2.05) is 12.1 Å². The predicted octanol–water partition coefficient (Wildman–Crippen LogP) is 2.81. The minimum atomic E-state index is -0.443. The molecule has 8 heteroatoms. The lowest BCUT2D eigenvalue weighted by Gasteiger charge is -2.19. The number of ether oxygens (including phenoxy) is 2. The Balaban J connectivity index is 1.49. The first-order valence-electron chi connectivity index (χ1n) is 7.91. The number of carbonyl (C=O) groups excluding carboxylic acids is 2. The van der Waals surface area contributed by atoms with Crippen LogP contribution in [0.3, 0.4) is 0 Å². The van der Waals surface area contributed by atoms with Gasteiger partial charge in [0.2, 0.25) is 5.91 Å². The Morgan fingerprint density at radius 2 is 1.73 bits per heavy atom. The zero-order valence-electron chi connectivity index (χ0n) is 13.7. The second kappa shape index (κ2) is 8.29. The van der Waals surface area contributed by atoms with Crippen LogP contribution in [-0.4, -0.2) is 31.6 Å². The van der Waals surface area contributed by atoms with Crippen LogP contribution in [0, 0.1) is 0 Å². The Labute approximate surface area is 160 Å². The molecule has 0 aliphatic carbocycles. The molecule has 26 heavy (non-hydrogen) atoms. The lowest BCUT2D eigenvalue weighted by atomic mass is 10.2. The molecule has 0 aromatic heterocycles. The third-order valence-electron chi connectivity index (χ3n) is 3.68. The number of hydrogen-bond acceptors (Lipinski definition) is 4. The van der Waals surface area contributed by atoms with Crippen molar-refractivity contribution in [2.24, 2.45) is 0 Å². The molecule has 0 radical (unpaired) electrons. The Kier molecular flexibility index (Phi) is 5.85. The highest BCUT2D eigenvalue weighted by Crippen LogP contribution is 2.30. The first-order valence-corrected chi connectivity index (χ1v) is 8.67. The van der Waals surface area contributed by atoms with E-state index in [4.69, 9.17) is 32.7 Å². The van der Waals surface area contributed by atoms with Crippen LogP contribution < -0.4 is 20.1 Å². The van der Waals surface area contributed by atoms with Gasteiger partial charge in [-0.3, -0.25) is 9.59 Å². The molecule has 0 unspecified atom stereocenters. The molecule has 1 heterocycles. The first kappa shape index (κ1) is 18.4. The fraction of sp³-hybridized carbons (Fsp3) is 0.222. The number of nitrogens with one attached hydrogen (secondary N) is 2. The highest BCUT2D eigenvalue weighted by atomic mass is 35.5. The lowest BCUT2D eigenvalue weighted by Crippen LogP contribution is -2.36. The number of rotatable bonds is 5. The van der Waals surface area contributed by atoms with Gasteiger partial charge in [0.1, 0.15) is 13.2 Å². The fourth-order valence-electron chi connectivity index (χ4n) is 2.39. The van der Waals surface area contributed by atoms with Crippen LogP contribution in [0.25, 0.3) is 0 Å². The number of hydrogen-bond donors (Lipinski definition) is 2. The average molecular weight is 395 g/mol. The summed E-state index contributed by atoms with van der Waals surface area (Å²) in [5, 5.41) is 5.92. The predicted molar refractivity (Wildman–Crippen MR) is 98.1 cm³/mol. The van der Waals surface area contributed by atoms with Crippen molar-refractivity contribution < 1.29 is 19.1 Å². The second-order valence-electron chi connectivity index (χ2n) is 5.56. The van der Waals surface area contributed by atoms with Crippen LogP contribution in [0.15, 0.2) is 36.4 Å². The van der Waals surface area contributed by atoms with Gasteiger partial charge >= 0.3 is 0 Å². The molecule has 2 N–H and O–H groups in total. The quantitative estimate of drug-likeness (QED) is 0.817. The van der Waals surface area contributed by atoms with Crippen molar-refractivity contribution in [1.29, 1.82) is 0 Å². The van der Waals surface area contributed by atoms with Crippen LogP contribution in [-0.2, 0) is 11.3 Å². The summed E-state index contributed by atoms with van der Waals surface area (Å²) in [7, 11) is 0. The molecule has 3 rings (SSSR count). The molecule has 0 fully saturated rings. The second-order valence-corrected chi connectivity index (χ2v) is 6.41. The van der Waals surface area contributed by atoms with Crippen molar-refractivity contribution >= 4 is 35.0 Å². The third kappa shape index (κ3) is 4.59. The summed E-state index contributed by atoms with van der Waals surface area (Å²) in [5.74, 6) is 0.589. The Hall–Kier alpha value is -2.44. The molecule has 2 aromatic carbocycles. The van der Waals surface area contributed by atoms with Crippen LogP contribution in [0.1, 0.15) is 15.9 Å². The molecule has 0 bridgehead atoms. The molecule has 6 nitrogen and oxygen atoms in total. The summed E-state index contributed by atoms with van der Waals surface area (Å²) in [6, 6.07) is 10.0. The van der Waals surface area contributed by atoms with E-state index in [9.17, 15) is 9.59 Å². The van der Waals surface area contributed by atoms with Gasteiger partial charge in [-0.15, -0.1) is 0 Å². The van der Waals surface area contributed by atoms with Crippen LogP contribution in [0.5, 0.6) is 11.5 Å². The molecule has 1 aliphatic heterocycles. The van der Waals surface area contributed by atoms with E-state index < -0.39 is 5.91 Å². The van der Waals surface area contributed by atoms with Gasteiger partial charge in [-0.25, -0.2) is 0 Å². The maximum atomic E-state index is 12.1. The molecule has 0 saturated carbocycles. The van der Waals surface area contributed by atoms with Gasteiger partial charge in [0, 0.05) is 11.6 Å². The smallest absolute Gasteiger partial charge is 0.253 e. The highest BCUT2D eigenvalue weighted by Gasteiger charge is 2.13. The Morgan fingerprint density at radius 1 is 0.962 bits per heavy atom. The molecule has 136 valence electrons. The summed E-state index contributed by atoms with van der Waals surface area (Å²) in [5.41, 5.74) is 1.13. The SMILES string of the molecule is O=C(CNC(=O)c1ccc(Cl)cc1Cl)NCc1ccc2c(c1)OCCO2. The average Bonchev–Trinajstić information content (AvgIpc) is 2.64. The standard InChI is InChI=1S/C18H16Cl2N2O4/c19-12-2-3-13(14(20)8-12)18(24)22-10-17(23)21-9-11-1-4-15-16(7-11)26-6-5-25-15/h1-4,7-8H,5-6,9-10H2,(H,21,23)(H,22,24). The van der Waals surface area contributed by atoms with Crippen molar-refractivity contribution in [2.75, 3.05) is 19.8 Å². The fourth-order valence-corrected chi connectivity index (χ4v) is 2.88. The van der Waals surface area contributed by atoms with Gasteiger partial charge in [-0.1, -0.05) is 29.3 Å². The molecule has 2 amide bonds. The highest BCUT2D eigenvalue weighted by molar-refractivity contribution is 6.36. The zero-order chi connectivity index (χ0) is 18.5. The molecule has 0 spiro atoms. The zero-order valence-corrected chi connectivity index (χ0v) is 15.2. The van der Waals surface area contributed by atoms with Gasteiger partial charge in [-0.2, -0.15) is 0 Å². The van der Waals surface area contributed by atoms with Crippen molar-refractivity contribution in [3.05, 3.63) is 57.6 Å². The monoisotopic (exact) mass is 394 g/mol. The van der Waals surface area contributed by atoms with E-state index in [0.717, 1.165) is 5.56 Å². The van der Waals surface area contributed by atoms with Gasteiger partial charge in [0.25, 0.3) is 5.91 Å². The van der Waals surface area contributed by atoms with E-state index in [1.165, 1.54) is 12.1 Å². The molecular weight excluding hydrogens is 379 g/mol. The number of halogens is 2. The number of amides is 2. The molecule has 1 aliphatic rings. The summed E-state index contributed by atoms with van der Waals surface area (Å²) < 4.78 is 11.0. The largest absolute Gasteiger partial charge is 0.486 e. The number of fused-ring (bicyclic) bond motifs is 1. The van der Waals surface area contributed by atoms with E-state index in [2.05, 4.69) is 10.6 Å². The Bertz CT molecular complexity index is 842. The van der Waals surface area contributed by atoms with Gasteiger partial charge in [-0.05, 0) is 35.9 Å². The molecular formula is C18H16Cl2N2O4. The minimum Gasteiger partial charge on any atom is -0.486 e. The molecule has 0 atom stereocenters. The third-order valence-corrected chi connectivity index (χ3v) is 4.23. The van der Waals surface area contributed by atoms with Crippen molar-refractivity contribution in [1.82, 2.24) is 10.6 Å². The van der Waals surface area contributed by atoms with Gasteiger partial charge in [0.15, 0.2) is 11.5 Å². The van der Waals surface area contributed by atoms with E-state index in [1.54, 1.807) is 12.1 Å². The number of benzene rings is 2. The van der Waals surface area contributed by atoms with Crippen LogP contribution in [0.2, 0.25) is 10.0 Å². The van der Waals surface area contributed by atoms with Crippen molar-refractivity contribution in [2.45, 2.75) is 6.54 Å². The summed E-state index contributed by atoms with van der Waals surface area (Å²) >= 11 is 11.8. The molecule has 2 aromatic rings. The maximum absolute atomic E-state index is 12.1. The lowest BCUT2D eigenvalue weighted by molar-refractivity contribution is -0.120. The summed E-state index contributed by atoms with van der Waals surface area (Å²) in [4.78, 5) is 24.0. The molecule has 0 saturated heterocycles. The van der Waals surface area contributed by atoms with Crippen molar-refractivity contribution in [3.8, 4) is 11.5 Å². The van der Waals surface area contributed by atoms with E-state index in [0.29, 0.717) is 36.3 Å². The normalized spacial score (nSPS) is 12.4. The van der Waals surface area contributed by atoms with Crippen LogP contribution in [0.4, 0.5) is 0 Å². The Morgan fingerprint density at radius 3 is 2.50 bits per heavy atom. The summed E-state index contributed by atoms with van der Waals surface area (Å²) in [6.07, 6.45) is 0. The maximum Gasteiger partial charge on any atom is 0.253 e. The summed E-state index contributed by atoms with van der Waals surface area (Å²) in [6.45, 7) is 1.18. The topological polar surface area (TPSA) is 76.7 Å². The van der Waals surface area contributed by atoms with Crippen LogP contribution >= 0.6 is 23.2 Å². The number of carbonyl (C=O) groups is 2. The van der Waals surface area contributed by atoms with E-state index in [-0.39, 0.29) is 23.0 Å².